The van der Waals surface area contributed by atoms with Crippen LogP contribution in [-0.4, -0.2) is 43.8 Å². The summed E-state index contributed by atoms with van der Waals surface area (Å²) in [7, 11) is -4.16. The summed E-state index contributed by atoms with van der Waals surface area (Å²) in [6, 6.07) is 17.4. The Morgan fingerprint density at radius 1 is 0.953 bits per heavy atom. The summed E-state index contributed by atoms with van der Waals surface area (Å²) in [6.45, 7) is 3.10. The second kappa shape index (κ2) is 14.9. The summed E-state index contributed by atoms with van der Waals surface area (Å²) >= 11 is 16.4. The Hall–Kier alpha value is -2.59. The van der Waals surface area contributed by atoms with Gasteiger partial charge < -0.3 is 10.2 Å². The average molecular weight is 710 g/mol. The van der Waals surface area contributed by atoms with Gasteiger partial charge in [-0.15, -0.1) is 0 Å². The summed E-state index contributed by atoms with van der Waals surface area (Å²) in [5.41, 5.74) is 1.70. The van der Waals surface area contributed by atoms with Crippen LogP contribution in [0, 0.1) is 6.92 Å². The molecule has 0 unspecified atom stereocenters. The van der Waals surface area contributed by atoms with Crippen LogP contribution in [0.1, 0.15) is 56.6 Å². The standard InChI is InChI=1S/C32H36BrCl2N3O4S/c1-3-30(32(40)36-24-8-5-4-6-9-24)37(20-27-28(34)10-7-11-29(27)35)31(39)21-38(25-16-14-23(33)15-17-25)43(41,42)26-18-12-22(2)13-19-26/h7,10-19,24,30H,3-6,8-9,20-21H2,1-2H3,(H,36,40)/t30-/m1/s1. The lowest BCUT2D eigenvalue weighted by Crippen LogP contribution is -2.54. The lowest BCUT2D eigenvalue weighted by atomic mass is 9.95. The molecular weight excluding hydrogens is 673 g/mol. The average Bonchev–Trinajstić information content (AvgIpc) is 2.98. The van der Waals surface area contributed by atoms with Gasteiger partial charge in [0.15, 0.2) is 0 Å². The van der Waals surface area contributed by atoms with Gasteiger partial charge in [-0.05, 0) is 74.7 Å². The van der Waals surface area contributed by atoms with Crippen LogP contribution in [0.2, 0.25) is 10.0 Å². The second-order valence-electron chi connectivity index (χ2n) is 10.8. The number of hydrogen-bond acceptors (Lipinski definition) is 4. The Balaban J connectivity index is 1.73. The largest absolute Gasteiger partial charge is 0.352 e. The zero-order chi connectivity index (χ0) is 31.1. The van der Waals surface area contributed by atoms with E-state index >= 15 is 0 Å². The monoisotopic (exact) mass is 707 g/mol. The number of hydrogen-bond donors (Lipinski definition) is 1. The van der Waals surface area contributed by atoms with E-state index in [2.05, 4.69) is 21.2 Å². The molecule has 1 N–H and O–H groups in total. The number of anilines is 1. The van der Waals surface area contributed by atoms with E-state index in [9.17, 15) is 18.0 Å². The zero-order valence-electron chi connectivity index (χ0n) is 24.2. The molecule has 0 spiro atoms. The molecule has 1 aliphatic rings. The number of nitrogens with one attached hydrogen (secondary N) is 1. The van der Waals surface area contributed by atoms with Crippen LogP contribution in [0.15, 0.2) is 76.1 Å². The maximum atomic E-state index is 14.3. The number of amides is 2. The third-order valence-electron chi connectivity index (χ3n) is 7.73. The summed E-state index contributed by atoms with van der Waals surface area (Å²) in [5, 5.41) is 3.84. The van der Waals surface area contributed by atoms with Gasteiger partial charge in [0.2, 0.25) is 11.8 Å². The van der Waals surface area contributed by atoms with Crippen molar-refractivity contribution in [1.82, 2.24) is 10.2 Å². The van der Waals surface area contributed by atoms with Crippen LogP contribution >= 0.6 is 39.1 Å². The first-order chi connectivity index (χ1) is 20.5. The Morgan fingerprint density at radius 2 is 1.56 bits per heavy atom. The minimum Gasteiger partial charge on any atom is -0.352 e. The molecular formula is C32H36BrCl2N3O4S. The topological polar surface area (TPSA) is 86.8 Å². The van der Waals surface area contributed by atoms with Crippen molar-refractivity contribution in [3.8, 4) is 0 Å². The van der Waals surface area contributed by atoms with Crippen molar-refractivity contribution < 1.29 is 18.0 Å². The number of carbonyl (C=O) groups excluding carboxylic acids is 2. The minimum atomic E-state index is -4.16. The van der Waals surface area contributed by atoms with Crippen LogP contribution in [-0.2, 0) is 26.2 Å². The summed E-state index contributed by atoms with van der Waals surface area (Å²) in [5.74, 6) is -0.831. The Labute approximate surface area is 272 Å². The SMILES string of the molecule is CC[C@H](C(=O)NC1CCCCC1)N(Cc1c(Cl)cccc1Cl)C(=O)CN(c1ccc(Br)cc1)S(=O)(=O)c1ccc(C)cc1. The van der Waals surface area contributed by atoms with Crippen molar-refractivity contribution in [2.45, 2.75) is 75.9 Å². The number of sulfonamides is 1. The predicted molar refractivity (Wildman–Crippen MR) is 176 cm³/mol. The van der Waals surface area contributed by atoms with Crippen molar-refractivity contribution in [1.29, 1.82) is 0 Å². The molecule has 1 atom stereocenters. The van der Waals surface area contributed by atoms with Crippen LogP contribution in [0.25, 0.3) is 0 Å². The predicted octanol–water partition coefficient (Wildman–Crippen LogP) is 7.52. The third kappa shape index (κ3) is 8.32. The Bertz CT molecular complexity index is 1510. The zero-order valence-corrected chi connectivity index (χ0v) is 28.1. The van der Waals surface area contributed by atoms with E-state index in [1.54, 1.807) is 54.6 Å². The molecule has 11 heteroatoms. The molecule has 230 valence electrons. The van der Waals surface area contributed by atoms with E-state index < -0.39 is 28.5 Å². The highest BCUT2D eigenvalue weighted by atomic mass is 79.9. The number of aryl methyl sites for hydroxylation is 1. The molecule has 1 aliphatic carbocycles. The fourth-order valence-corrected chi connectivity index (χ4v) is 7.49. The summed E-state index contributed by atoms with van der Waals surface area (Å²) < 4.78 is 29.9. The maximum Gasteiger partial charge on any atom is 0.264 e. The van der Waals surface area contributed by atoms with Crippen molar-refractivity contribution >= 4 is 66.7 Å². The van der Waals surface area contributed by atoms with Gasteiger partial charge in [0, 0.05) is 32.7 Å². The molecule has 0 bridgehead atoms. The van der Waals surface area contributed by atoms with Crippen molar-refractivity contribution in [2.24, 2.45) is 0 Å². The normalized spacial score (nSPS) is 14.6. The number of benzene rings is 3. The fourth-order valence-electron chi connectivity index (χ4n) is 5.29. The highest BCUT2D eigenvalue weighted by Crippen LogP contribution is 2.29. The maximum absolute atomic E-state index is 14.3. The molecule has 0 saturated heterocycles. The third-order valence-corrected chi connectivity index (χ3v) is 10.8. The van der Waals surface area contributed by atoms with E-state index in [-0.39, 0.29) is 23.4 Å². The van der Waals surface area contributed by atoms with E-state index in [1.165, 1.54) is 17.0 Å². The van der Waals surface area contributed by atoms with Gasteiger partial charge in [-0.1, -0.05) is 89.1 Å². The van der Waals surface area contributed by atoms with E-state index in [1.807, 2.05) is 13.8 Å². The first-order valence-corrected chi connectivity index (χ1v) is 17.4. The van der Waals surface area contributed by atoms with Gasteiger partial charge in [-0.2, -0.15) is 0 Å². The number of carbonyl (C=O) groups is 2. The minimum absolute atomic E-state index is 0.0392. The first kappa shape index (κ1) is 33.3. The lowest BCUT2D eigenvalue weighted by Gasteiger charge is -2.34. The summed E-state index contributed by atoms with van der Waals surface area (Å²) in [6.07, 6.45) is 5.31. The van der Waals surface area contributed by atoms with Gasteiger partial charge in [-0.3, -0.25) is 13.9 Å². The van der Waals surface area contributed by atoms with Gasteiger partial charge in [-0.25, -0.2) is 8.42 Å². The quantitative estimate of drug-likeness (QED) is 0.223. The molecule has 3 aromatic carbocycles. The van der Waals surface area contributed by atoms with Crippen LogP contribution in [0.3, 0.4) is 0 Å². The van der Waals surface area contributed by atoms with Gasteiger partial charge >= 0.3 is 0 Å². The molecule has 4 rings (SSSR count). The lowest BCUT2D eigenvalue weighted by molar-refractivity contribution is -0.140. The summed E-state index contributed by atoms with van der Waals surface area (Å²) in [4.78, 5) is 29.4. The van der Waals surface area contributed by atoms with E-state index in [0.717, 1.165) is 46.4 Å². The molecule has 1 saturated carbocycles. The smallest absolute Gasteiger partial charge is 0.264 e. The fraction of sp³-hybridized carbons (Fsp3) is 0.375. The second-order valence-corrected chi connectivity index (χ2v) is 14.4. The van der Waals surface area contributed by atoms with Crippen LogP contribution in [0.4, 0.5) is 5.69 Å². The molecule has 0 heterocycles. The highest BCUT2D eigenvalue weighted by Gasteiger charge is 2.35. The highest BCUT2D eigenvalue weighted by molar-refractivity contribution is 9.10. The van der Waals surface area contributed by atoms with E-state index in [0.29, 0.717) is 27.7 Å². The first-order valence-electron chi connectivity index (χ1n) is 14.4. The van der Waals surface area contributed by atoms with Gasteiger partial charge in [0.05, 0.1) is 10.6 Å². The van der Waals surface area contributed by atoms with E-state index in [4.69, 9.17) is 23.2 Å². The number of rotatable bonds is 11. The van der Waals surface area contributed by atoms with Crippen molar-refractivity contribution in [3.05, 3.63) is 92.4 Å². The molecule has 0 radical (unpaired) electrons. The Morgan fingerprint density at radius 3 is 2.14 bits per heavy atom. The molecule has 3 aromatic rings. The number of nitrogens with zero attached hydrogens (tertiary/aromatic N) is 2. The molecule has 43 heavy (non-hydrogen) atoms. The van der Waals surface area contributed by atoms with Crippen molar-refractivity contribution in [3.63, 3.8) is 0 Å². The molecule has 1 fully saturated rings. The Kier molecular flexibility index (Phi) is 11.6. The molecule has 7 nitrogen and oxygen atoms in total. The van der Waals surface area contributed by atoms with Crippen molar-refractivity contribution in [2.75, 3.05) is 10.8 Å². The van der Waals surface area contributed by atoms with Crippen LogP contribution < -0.4 is 9.62 Å². The molecule has 0 aromatic heterocycles. The van der Waals surface area contributed by atoms with Gasteiger partial charge in [0.1, 0.15) is 12.6 Å². The molecule has 0 aliphatic heterocycles. The molecule has 2 amide bonds. The number of halogens is 3. The van der Waals surface area contributed by atoms with Gasteiger partial charge in [0.25, 0.3) is 10.0 Å². The van der Waals surface area contributed by atoms with Crippen LogP contribution in [0.5, 0.6) is 0 Å².